The summed E-state index contributed by atoms with van der Waals surface area (Å²) in [5.41, 5.74) is 3.12. The average molecular weight is 201 g/mol. The van der Waals surface area contributed by atoms with Gasteiger partial charge in [0.05, 0.1) is 6.26 Å². The molecule has 1 N–H and O–H groups in total. The Morgan fingerprint density at radius 3 is 2.93 bits per heavy atom. The van der Waals surface area contributed by atoms with E-state index in [9.17, 15) is 0 Å². The van der Waals surface area contributed by atoms with Crippen molar-refractivity contribution in [1.29, 1.82) is 0 Å². The van der Waals surface area contributed by atoms with Crippen molar-refractivity contribution in [2.45, 2.75) is 13.0 Å². The lowest BCUT2D eigenvalue weighted by Gasteiger charge is -2.13. The van der Waals surface area contributed by atoms with Crippen molar-refractivity contribution < 1.29 is 4.42 Å². The summed E-state index contributed by atoms with van der Waals surface area (Å²) in [5.74, 6) is 0. The minimum atomic E-state index is 0.275. The van der Waals surface area contributed by atoms with Crippen LogP contribution in [0.5, 0.6) is 0 Å². The number of rotatable bonds is 3. The molecule has 1 unspecified atom stereocenters. The quantitative estimate of drug-likeness (QED) is 0.825. The zero-order valence-corrected chi connectivity index (χ0v) is 9.08. The molecule has 1 atom stereocenters. The topological polar surface area (TPSA) is 25.2 Å². The van der Waals surface area contributed by atoms with Crippen LogP contribution in [0.25, 0.3) is 16.5 Å². The summed E-state index contributed by atoms with van der Waals surface area (Å²) in [6, 6.07) is 8.40. The molecule has 2 rings (SSSR count). The van der Waals surface area contributed by atoms with E-state index in [4.69, 9.17) is 4.42 Å². The minimum absolute atomic E-state index is 0.275. The highest BCUT2D eigenvalue weighted by Gasteiger charge is 2.07. The Kier molecular flexibility index (Phi) is 2.60. The highest BCUT2D eigenvalue weighted by Crippen LogP contribution is 2.22. The van der Waals surface area contributed by atoms with Crippen molar-refractivity contribution in [3.05, 3.63) is 42.7 Å². The molecular formula is C13H15NO. The van der Waals surface area contributed by atoms with Crippen LogP contribution in [0.15, 0.2) is 41.5 Å². The van der Waals surface area contributed by atoms with Crippen LogP contribution in [-0.2, 0) is 0 Å². The van der Waals surface area contributed by atoms with Gasteiger partial charge in [0, 0.05) is 11.4 Å². The first-order valence-electron chi connectivity index (χ1n) is 5.06. The Morgan fingerprint density at radius 1 is 1.40 bits per heavy atom. The van der Waals surface area contributed by atoms with Gasteiger partial charge in [0.1, 0.15) is 5.58 Å². The molecule has 0 saturated heterocycles. The molecule has 0 bridgehead atoms. The molecule has 0 aliphatic carbocycles. The van der Waals surface area contributed by atoms with Gasteiger partial charge in [-0.3, -0.25) is 0 Å². The molecule has 0 saturated carbocycles. The lowest BCUT2D eigenvalue weighted by atomic mass is 10.0. The maximum atomic E-state index is 5.36. The SMILES string of the molecule is C=C(c1ccc2ccoc2c1)C(C)NC. The molecular weight excluding hydrogens is 186 g/mol. The Bertz CT molecular complexity index is 484. The van der Waals surface area contributed by atoms with Crippen LogP contribution in [0.2, 0.25) is 0 Å². The molecule has 0 radical (unpaired) electrons. The molecule has 15 heavy (non-hydrogen) atoms. The fourth-order valence-corrected chi connectivity index (χ4v) is 1.58. The average Bonchev–Trinajstić information content (AvgIpc) is 2.73. The number of fused-ring (bicyclic) bond motifs is 1. The fraction of sp³-hybridized carbons (Fsp3) is 0.231. The van der Waals surface area contributed by atoms with Crippen molar-refractivity contribution in [3.63, 3.8) is 0 Å². The number of benzene rings is 1. The molecule has 0 aliphatic rings. The molecule has 0 amide bonds. The van der Waals surface area contributed by atoms with Crippen molar-refractivity contribution in [2.24, 2.45) is 0 Å². The van der Waals surface area contributed by atoms with Crippen LogP contribution >= 0.6 is 0 Å². The van der Waals surface area contributed by atoms with Gasteiger partial charge >= 0.3 is 0 Å². The van der Waals surface area contributed by atoms with Gasteiger partial charge in [0.2, 0.25) is 0 Å². The summed E-state index contributed by atoms with van der Waals surface area (Å²) >= 11 is 0. The van der Waals surface area contributed by atoms with E-state index in [-0.39, 0.29) is 6.04 Å². The first kappa shape index (κ1) is 9.99. The standard InChI is InChI=1S/C13H15NO/c1-9(10(2)14-3)12-5-4-11-6-7-15-13(11)8-12/h4-8,10,14H,1H2,2-3H3. The van der Waals surface area contributed by atoms with Crippen molar-refractivity contribution in [1.82, 2.24) is 5.32 Å². The molecule has 1 aromatic carbocycles. The first-order valence-corrected chi connectivity index (χ1v) is 5.06. The molecule has 1 aromatic heterocycles. The highest BCUT2D eigenvalue weighted by molar-refractivity contribution is 5.82. The molecule has 0 spiro atoms. The predicted octanol–water partition coefficient (Wildman–Crippen LogP) is 3.05. The Hall–Kier alpha value is -1.54. The van der Waals surface area contributed by atoms with Crippen LogP contribution in [0, 0.1) is 0 Å². The zero-order chi connectivity index (χ0) is 10.8. The minimum Gasteiger partial charge on any atom is -0.464 e. The molecule has 2 nitrogen and oxygen atoms in total. The lowest BCUT2D eigenvalue weighted by molar-refractivity contribution is 0.615. The summed E-state index contributed by atoms with van der Waals surface area (Å²) in [6.45, 7) is 6.17. The van der Waals surface area contributed by atoms with Gasteiger partial charge in [-0.25, -0.2) is 0 Å². The van der Waals surface area contributed by atoms with Crippen LogP contribution in [-0.4, -0.2) is 13.1 Å². The third-order valence-corrected chi connectivity index (χ3v) is 2.78. The van der Waals surface area contributed by atoms with Gasteiger partial charge in [0.25, 0.3) is 0 Å². The summed E-state index contributed by atoms with van der Waals surface area (Å²) in [4.78, 5) is 0. The van der Waals surface area contributed by atoms with E-state index in [1.807, 2.05) is 19.2 Å². The molecule has 2 heteroatoms. The summed E-state index contributed by atoms with van der Waals surface area (Å²) in [5, 5.41) is 4.30. The number of hydrogen-bond donors (Lipinski definition) is 1. The molecule has 2 aromatic rings. The second kappa shape index (κ2) is 3.91. The third-order valence-electron chi connectivity index (χ3n) is 2.78. The number of hydrogen-bond acceptors (Lipinski definition) is 2. The van der Waals surface area contributed by atoms with E-state index in [1.165, 1.54) is 0 Å². The van der Waals surface area contributed by atoms with Gasteiger partial charge in [-0.15, -0.1) is 0 Å². The second-order valence-electron chi connectivity index (χ2n) is 3.71. The van der Waals surface area contributed by atoms with E-state index in [2.05, 4.69) is 31.0 Å². The fourth-order valence-electron chi connectivity index (χ4n) is 1.58. The van der Waals surface area contributed by atoms with Crippen LogP contribution in [0.4, 0.5) is 0 Å². The van der Waals surface area contributed by atoms with Gasteiger partial charge in [-0.2, -0.15) is 0 Å². The Labute approximate surface area is 89.6 Å². The van der Waals surface area contributed by atoms with E-state index in [0.29, 0.717) is 0 Å². The van der Waals surface area contributed by atoms with Gasteiger partial charge in [0.15, 0.2) is 0 Å². The van der Waals surface area contributed by atoms with E-state index < -0.39 is 0 Å². The predicted molar refractivity (Wildman–Crippen MR) is 63.8 cm³/mol. The molecule has 78 valence electrons. The van der Waals surface area contributed by atoms with Crippen LogP contribution in [0.1, 0.15) is 12.5 Å². The molecule has 1 heterocycles. The van der Waals surface area contributed by atoms with Crippen molar-refractivity contribution in [3.8, 4) is 0 Å². The third kappa shape index (κ3) is 1.81. The van der Waals surface area contributed by atoms with Gasteiger partial charge < -0.3 is 9.73 Å². The largest absolute Gasteiger partial charge is 0.464 e. The van der Waals surface area contributed by atoms with E-state index >= 15 is 0 Å². The molecule has 0 fully saturated rings. The number of likely N-dealkylation sites (N-methyl/N-ethyl adjacent to an activating group) is 1. The number of nitrogens with one attached hydrogen (secondary N) is 1. The summed E-state index contributed by atoms with van der Waals surface area (Å²) in [6.07, 6.45) is 1.71. The molecule has 0 aliphatic heterocycles. The number of furan rings is 1. The van der Waals surface area contributed by atoms with Gasteiger partial charge in [-0.05, 0) is 37.2 Å². The highest BCUT2D eigenvalue weighted by atomic mass is 16.3. The van der Waals surface area contributed by atoms with E-state index in [0.717, 1.165) is 22.1 Å². The van der Waals surface area contributed by atoms with Crippen molar-refractivity contribution in [2.75, 3.05) is 7.05 Å². The second-order valence-corrected chi connectivity index (χ2v) is 3.71. The summed E-state index contributed by atoms with van der Waals surface area (Å²) < 4.78 is 5.36. The van der Waals surface area contributed by atoms with E-state index in [1.54, 1.807) is 6.26 Å². The zero-order valence-electron chi connectivity index (χ0n) is 9.08. The Morgan fingerprint density at radius 2 is 2.20 bits per heavy atom. The Balaban J connectivity index is 2.39. The van der Waals surface area contributed by atoms with Crippen LogP contribution < -0.4 is 5.32 Å². The smallest absolute Gasteiger partial charge is 0.134 e. The monoisotopic (exact) mass is 201 g/mol. The van der Waals surface area contributed by atoms with Gasteiger partial charge in [-0.1, -0.05) is 18.7 Å². The lowest BCUT2D eigenvalue weighted by Crippen LogP contribution is -2.22. The normalized spacial score (nSPS) is 12.9. The summed E-state index contributed by atoms with van der Waals surface area (Å²) in [7, 11) is 1.93. The maximum Gasteiger partial charge on any atom is 0.134 e. The van der Waals surface area contributed by atoms with Crippen molar-refractivity contribution >= 4 is 16.5 Å². The maximum absolute atomic E-state index is 5.36. The van der Waals surface area contributed by atoms with Crippen LogP contribution in [0.3, 0.4) is 0 Å². The first-order chi connectivity index (χ1) is 7.22.